The lowest BCUT2D eigenvalue weighted by atomic mass is 9.85. The topological polar surface area (TPSA) is 66.5 Å². The van der Waals surface area contributed by atoms with E-state index in [1.165, 1.54) is 4.90 Å². The van der Waals surface area contributed by atoms with Gasteiger partial charge in [0.2, 0.25) is 11.8 Å². The third-order valence-electron chi connectivity index (χ3n) is 5.66. The number of imide groups is 1. The van der Waals surface area contributed by atoms with Crippen molar-refractivity contribution in [3.8, 4) is 0 Å². The van der Waals surface area contributed by atoms with Crippen molar-refractivity contribution in [3.05, 3.63) is 71.3 Å². The van der Waals surface area contributed by atoms with E-state index in [2.05, 4.69) is 5.32 Å². The van der Waals surface area contributed by atoms with Gasteiger partial charge in [0.15, 0.2) is 0 Å². The van der Waals surface area contributed by atoms with Crippen LogP contribution < -0.4 is 10.2 Å². The molecule has 0 bridgehead atoms. The summed E-state index contributed by atoms with van der Waals surface area (Å²) in [5.74, 6) is -1.04. The molecular weight excluding hydrogens is 352 g/mol. The molecule has 142 valence electrons. The van der Waals surface area contributed by atoms with Gasteiger partial charge in [-0.3, -0.25) is 19.3 Å². The second-order valence-corrected chi connectivity index (χ2v) is 7.47. The fourth-order valence-corrected chi connectivity index (χ4v) is 3.84. The molecule has 5 nitrogen and oxygen atoms in total. The van der Waals surface area contributed by atoms with Crippen molar-refractivity contribution in [1.29, 1.82) is 0 Å². The predicted octanol–water partition coefficient (Wildman–Crippen LogP) is 4.01. The van der Waals surface area contributed by atoms with Crippen LogP contribution >= 0.6 is 0 Å². The first-order valence-corrected chi connectivity index (χ1v) is 9.47. The molecule has 5 heteroatoms. The van der Waals surface area contributed by atoms with E-state index in [0.29, 0.717) is 24.1 Å². The molecule has 1 N–H and O–H groups in total. The third-order valence-corrected chi connectivity index (χ3v) is 5.66. The predicted molar refractivity (Wildman–Crippen MR) is 108 cm³/mol. The lowest BCUT2D eigenvalue weighted by Gasteiger charge is -2.15. The SMILES string of the molecule is Cc1ccc(NC(=O)c2ccc(N3C(=O)C4CC=CCC4C3=O)cc2)cc1C. The van der Waals surface area contributed by atoms with Gasteiger partial charge in [0.1, 0.15) is 0 Å². The molecule has 0 radical (unpaired) electrons. The molecule has 2 unspecified atom stereocenters. The number of hydrogen-bond donors (Lipinski definition) is 1. The van der Waals surface area contributed by atoms with Gasteiger partial charge in [0.05, 0.1) is 17.5 Å². The molecule has 2 atom stereocenters. The first-order valence-electron chi connectivity index (χ1n) is 9.47. The molecule has 1 aliphatic heterocycles. The number of fused-ring (bicyclic) bond motifs is 1. The Morgan fingerprint density at radius 2 is 1.50 bits per heavy atom. The highest BCUT2D eigenvalue weighted by molar-refractivity contribution is 6.22. The summed E-state index contributed by atoms with van der Waals surface area (Å²) in [5, 5.41) is 2.88. The number of carbonyl (C=O) groups is 3. The van der Waals surface area contributed by atoms with Crippen molar-refractivity contribution in [2.75, 3.05) is 10.2 Å². The third kappa shape index (κ3) is 3.13. The number of hydrogen-bond acceptors (Lipinski definition) is 3. The molecular formula is C23H22N2O3. The average molecular weight is 374 g/mol. The van der Waals surface area contributed by atoms with Crippen LogP contribution in [0.25, 0.3) is 0 Å². The van der Waals surface area contributed by atoms with E-state index in [4.69, 9.17) is 0 Å². The fraction of sp³-hybridized carbons (Fsp3) is 0.261. The molecule has 0 saturated carbocycles. The van der Waals surface area contributed by atoms with Crippen LogP contribution in [0.3, 0.4) is 0 Å². The standard InChI is InChI=1S/C23H22N2O3/c1-14-7-10-17(13-15(14)2)24-21(26)16-8-11-18(12-9-16)25-22(27)19-5-3-4-6-20(19)23(25)28/h3-4,7-13,19-20H,5-6H2,1-2H3,(H,24,26). The average Bonchev–Trinajstić information content (AvgIpc) is 2.96. The zero-order chi connectivity index (χ0) is 19.8. The molecule has 1 fully saturated rings. The van der Waals surface area contributed by atoms with Crippen LogP contribution in [-0.2, 0) is 9.59 Å². The van der Waals surface area contributed by atoms with Crippen LogP contribution in [0.2, 0.25) is 0 Å². The molecule has 28 heavy (non-hydrogen) atoms. The summed E-state index contributed by atoms with van der Waals surface area (Å²) in [7, 11) is 0. The summed E-state index contributed by atoms with van der Waals surface area (Å²) in [6, 6.07) is 12.4. The summed E-state index contributed by atoms with van der Waals surface area (Å²) in [5.41, 5.74) is 4.00. The van der Waals surface area contributed by atoms with Crippen molar-refractivity contribution >= 4 is 29.1 Å². The molecule has 0 spiro atoms. The summed E-state index contributed by atoms with van der Waals surface area (Å²) in [4.78, 5) is 39.1. The Morgan fingerprint density at radius 1 is 0.893 bits per heavy atom. The molecule has 2 aromatic rings. The Kier molecular flexibility index (Phi) is 4.59. The first-order chi connectivity index (χ1) is 13.5. The van der Waals surface area contributed by atoms with Crippen molar-refractivity contribution in [1.82, 2.24) is 0 Å². The Bertz CT molecular complexity index is 965. The second kappa shape index (κ2) is 7.08. The molecule has 1 aliphatic carbocycles. The second-order valence-electron chi connectivity index (χ2n) is 7.47. The number of nitrogens with one attached hydrogen (secondary N) is 1. The quantitative estimate of drug-likeness (QED) is 0.652. The van der Waals surface area contributed by atoms with Crippen molar-refractivity contribution in [2.24, 2.45) is 11.8 Å². The number of anilines is 2. The molecule has 4 rings (SSSR count). The van der Waals surface area contributed by atoms with E-state index in [-0.39, 0.29) is 29.6 Å². The molecule has 3 amide bonds. The number of aryl methyl sites for hydroxylation is 2. The molecule has 1 saturated heterocycles. The fourth-order valence-electron chi connectivity index (χ4n) is 3.84. The van der Waals surface area contributed by atoms with Crippen molar-refractivity contribution < 1.29 is 14.4 Å². The monoisotopic (exact) mass is 374 g/mol. The van der Waals surface area contributed by atoms with Crippen LogP contribution in [0.1, 0.15) is 34.3 Å². The van der Waals surface area contributed by atoms with Gasteiger partial charge >= 0.3 is 0 Å². The van der Waals surface area contributed by atoms with Gasteiger partial charge in [-0.1, -0.05) is 18.2 Å². The maximum Gasteiger partial charge on any atom is 0.255 e. The van der Waals surface area contributed by atoms with Gasteiger partial charge in [-0.25, -0.2) is 0 Å². The molecule has 2 aliphatic rings. The minimum atomic E-state index is -0.259. The van der Waals surface area contributed by atoms with Gasteiger partial charge in [0.25, 0.3) is 5.91 Å². The number of amides is 3. The van der Waals surface area contributed by atoms with Gasteiger partial charge in [0, 0.05) is 11.3 Å². The Labute approximate surface area is 164 Å². The van der Waals surface area contributed by atoms with Crippen LogP contribution in [0.5, 0.6) is 0 Å². The maximum absolute atomic E-state index is 12.7. The zero-order valence-electron chi connectivity index (χ0n) is 15.9. The van der Waals surface area contributed by atoms with E-state index in [0.717, 1.165) is 16.8 Å². The summed E-state index contributed by atoms with van der Waals surface area (Å²) >= 11 is 0. The smallest absolute Gasteiger partial charge is 0.255 e. The first kappa shape index (κ1) is 18.2. The normalized spacial score (nSPS) is 21.0. The zero-order valence-corrected chi connectivity index (χ0v) is 15.9. The molecule has 0 aromatic heterocycles. The van der Waals surface area contributed by atoms with E-state index < -0.39 is 0 Å². The Morgan fingerprint density at radius 3 is 2.07 bits per heavy atom. The van der Waals surface area contributed by atoms with Crippen LogP contribution in [0, 0.1) is 25.7 Å². The van der Waals surface area contributed by atoms with Gasteiger partial charge in [-0.15, -0.1) is 0 Å². The number of carbonyl (C=O) groups excluding carboxylic acids is 3. The molecule has 1 heterocycles. The highest BCUT2D eigenvalue weighted by atomic mass is 16.2. The largest absolute Gasteiger partial charge is 0.322 e. The number of benzene rings is 2. The summed E-state index contributed by atoms with van der Waals surface area (Å²) < 4.78 is 0. The maximum atomic E-state index is 12.7. The lowest BCUT2D eigenvalue weighted by molar-refractivity contribution is -0.122. The van der Waals surface area contributed by atoms with Crippen LogP contribution in [0.4, 0.5) is 11.4 Å². The van der Waals surface area contributed by atoms with E-state index >= 15 is 0 Å². The van der Waals surface area contributed by atoms with E-state index in [1.54, 1.807) is 24.3 Å². The number of nitrogens with zero attached hydrogens (tertiary/aromatic N) is 1. The van der Waals surface area contributed by atoms with Gasteiger partial charge in [-0.2, -0.15) is 0 Å². The van der Waals surface area contributed by atoms with Crippen molar-refractivity contribution in [2.45, 2.75) is 26.7 Å². The Balaban J connectivity index is 1.51. The van der Waals surface area contributed by atoms with Crippen molar-refractivity contribution in [3.63, 3.8) is 0 Å². The minimum Gasteiger partial charge on any atom is -0.322 e. The van der Waals surface area contributed by atoms with Gasteiger partial charge in [-0.05, 0) is 74.2 Å². The number of allylic oxidation sites excluding steroid dienone is 2. The van der Waals surface area contributed by atoms with E-state index in [9.17, 15) is 14.4 Å². The Hall–Kier alpha value is -3.21. The summed E-state index contributed by atoms with van der Waals surface area (Å²) in [6.07, 6.45) is 5.16. The van der Waals surface area contributed by atoms with E-state index in [1.807, 2.05) is 44.2 Å². The molecule has 2 aromatic carbocycles. The van der Waals surface area contributed by atoms with Crippen LogP contribution in [-0.4, -0.2) is 17.7 Å². The highest BCUT2D eigenvalue weighted by Crippen LogP contribution is 2.37. The van der Waals surface area contributed by atoms with Gasteiger partial charge < -0.3 is 5.32 Å². The number of rotatable bonds is 3. The summed E-state index contributed by atoms with van der Waals surface area (Å²) in [6.45, 7) is 4.02. The highest BCUT2D eigenvalue weighted by Gasteiger charge is 2.47. The lowest BCUT2D eigenvalue weighted by Crippen LogP contribution is -2.30. The van der Waals surface area contributed by atoms with Crippen LogP contribution in [0.15, 0.2) is 54.6 Å². The minimum absolute atomic E-state index is 0.147.